The topological polar surface area (TPSA) is 71.3 Å². The zero-order valence-corrected chi connectivity index (χ0v) is 11.5. The van der Waals surface area contributed by atoms with Crippen LogP contribution in [0.25, 0.3) is 10.8 Å². The Bertz CT molecular complexity index is 706. The Hall–Kier alpha value is -2.21. The lowest BCUT2D eigenvalue weighted by Gasteiger charge is -2.21. The van der Waals surface area contributed by atoms with Gasteiger partial charge in [-0.15, -0.1) is 0 Å². The van der Waals surface area contributed by atoms with Crippen molar-refractivity contribution in [2.75, 3.05) is 31.1 Å². The molecule has 108 valence electrons. The monoisotopic (exact) mass is 284 g/mol. The minimum Gasteiger partial charge on any atom is -0.370 e. The Morgan fingerprint density at radius 1 is 1.19 bits per heavy atom. The Morgan fingerprint density at radius 2 is 1.95 bits per heavy atom. The first-order chi connectivity index (χ1) is 10.2. The molecule has 2 aromatic rings. The molecule has 2 fully saturated rings. The van der Waals surface area contributed by atoms with Crippen LogP contribution in [0.4, 0.5) is 11.4 Å². The molecule has 3 heterocycles. The number of hydrogen-bond donors (Lipinski definition) is 1. The van der Waals surface area contributed by atoms with E-state index in [4.69, 9.17) is 0 Å². The maximum atomic E-state index is 11.2. The molecule has 0 aliphatic carbocycles. The summed E-state index contributed by atoms with van der Waals surface area (Å²) in [7, 11) is 0. The normalized spacial score (nSPS) is 24.5. The summed E-state index contributed by atoms with van der Waals surface area (Å²) in [6.07, 6.45) is 3.30. The van der Waals surface area contributed by atoms with Gasteiger partial charge in [0.25, 0.3) is 5.69 Å². The molecule has 2 atom stereocenters. The van der Waals surface area contributed by atoms with Crippen molar-refractivity contribution >= 4 is 22.1 Å². The number of aromatic nitrogens is 1. The van der Waals surface area contributed by atoms with E-state index < -0.39 is 0 Å². The molecule has 0 saturated carbocycles. The van der Waals surface area contributed by atoms with Gasteiger partial charge >= 0.3 is 0 Å². The molecule has 0 amide bonds. The Labute approximate surface area is 121 Å². The van der Waals surface area contributed by atoms with Crippen molar-refractivity contribution in [3.05, 3.63) is 40.7 Å². The quantitative estimate of drug-likeness (QED) is 0.672. The zero-order valence-electron chi connectivity index (χ0n) is 11.5. The maximum Gasteiger partial charge on any atom is 0.278 e. The minimum atomic E-state index is -0.337. The lowest BCUT2D eigenvalue weighted by Crippen LogP contribution is -2.25. The van der Waals surface area contributed by atoms with Crippen LogP contribution in [0.2, 0.25) is 0 Å². The van der Waals surface area contributed by atoms with E-state index in [1.54, 1.807) is 18.5 Å². The van der Waals surface area contributed by atoms with Gasteiger partial charge < -0.3 is 10.2 Å². The van der Waals surface area contributed by atoms with Crippen LogP contribution in [-0.2, 0) is 0 Å². The van der Waals surface area contributed by atoms with E-state index in [1.807, 2.05) is 12.1 Å². The third kappa shape index (κ3) is 1.94. The lowest BCUT2D eigenvalue weighted by molar-refractivity contribution is -0.383. The van der Waals surface area contributed by atoms with Crippen LogP contribution in [0.15, 0.2) is 30.6 Å². The second kappa shape index (κ2) is 4.66. The van der Waals surface area contributed by atoms with E-state index in [9.17, 15) is 10.1 Å². The molecule has 0 spiro atoms. The highest BCUT2D eigenvalue weighted by Gasteiger charge is 2.36. The predicted molar refractivity (Wildman–Crippen MR) is 80.5 cm³/mol. The SMILES string of the molecule is O=[N+]([O-])c1ccc(N2C[C@H]3CNC[C@H]3C2)c2ccncc12. The second-order valence-corrected chi connectivity index (χ2v) is 5.87. The fourth-order valence-electron chi connectivity index (χ4n) is 3.65. The van der Waals surface area contributed by atoms with E-state index in [-0.39, 0.29) is 10.6 Å². The van der Waals surface area contributed by atoms with Gasteiger partial charge in [-0.1, -0.05) is 0 Å². The van der Waals surface area contributed by atoms with Gasteiger partial charge in [-0.2, -0.15) is 0 Å². The third-order valence-corrected chi connectivity index (χ3v) is 4.70. The van der Waals surface area contributed by atoms with Gasteiger partial charge in [0.05, 0.1) is 10.3 Å². The predicted octanol–water partition coefficient (Wildman–Crippen LogP) is 1.80. The number of nitrogens with one attached hydrogen (secondary N) is 1. The van der Waals surface area contributed by atoms with Crippen LogP contribution in [0.1, 0.15) is 0 Å². The summed E-state index contributed by atoms with van der Waals surface area (Å²) in [6, 6.07) is 5.37. The van der Waals surface area contributed by atoms with Crippen molar-refractivity contribution in [2.24, 2.45) is 11.8 Å². The number of non-ortho nitro benzene ring substituents is 1. The summed E-state index contributed by atoms with van der Waals surface area (Å²) in [6.45, 7) is 4.20. The van der Waals surface area contributed by atoms with Gasteiger partial charge in [0.15, 0.2) is 0 Å². The van der Waals surface area contributed by atoms with E-state index in [0.717, 1.165) is 37.3 Å². The summed E-state index contributed by atoms with van der Waals surface area (Å²) in [5, 5.41) is 16.1. The highest BCUT2D eigenvalue weighted by Crippen LogP contribution is 2.37. The first-order valence-corrected chi connectivity index (χ1v) is 7.21. The molecule has 0 unspecified atom stereocenters. The van der Waals surface area contributed by atoms with Gasteiger partial charge in [-0.05, 0) is 24.0 Å². The van der Waals surface area contributed by atoms with Crippen molar-refractivity contribution in [3.63, 3.8) is 0 Å². The molecule has 0 radical (unpaired) electrons. The highest BCUT2D eigenvalue weighted by atomic mass is 16.6. The first kappa shape index (κ1) is 12.5. The second-order valence-electron chi connectivity index (χ2n) is 5.87. The first-order valence-electron chi connectivity index (χ1n) is 7.21. The molecule has 2 aliphatic heterocycles. The van der Waals surface area contributed by atoms with Gasteiger partial charge in [-0.3, -0.25) is 15.1 Å². The average Bonchev–Trinajstić information content (AvgIpc) is 3.07. The standard InChI is InChI=1S/C15H16N4O2/c20-19(21)15-2-1-14(12-3-4-16-7-13(12)15)18-8-10-5-17-6-11(10)9-18/h1-4,7,10-11,17H,5-6,8-9H2/t10-,11+. The molecule has 21 heavy (non-hydrogen) atoms. The van der Waals surface area contributed by atoms with Crippen LogP contribution >= 0.6 is 0 Å². The summed E-state index contributed by atoms with van der Waals surface area (Å²) < 4.78 is 0. The number of benzene rings is 1. The summed E-state index contributed by atoms with van der Waals surface area (Å²) in [5.74, 6) is 1.38. The molecule has 1 N–H and O–H groups in total. The largest absolute Gasteiger partial charge is 0.370 e. The molecule has 4 rings (SSSR count). The minimum absolute atomic E-state index is 0.128. The zero-order chi connectivity index (χ0) is 14.4. The Kier molecular flexibility index (Phi) is 2.78. The van der Waals surface area contributed by atoms with E-state index in [1.165, 1.54) is 0 Å². The number of anilines is 1. The summed E-state index contributed by atoms with van der Waals surface area (Å²) in [4.78, 5) is 17.2. The van der Waals surface area contributed by atoms with E-state index >= 15 is 0 Å². The maximum absolute atomic E-state index is 11.2. The number of rotatable bonds is 2. The Morgan fingerprint density at radius 3 is 2.67 bits per heavy atom. The van der Waals surface area contributed by atoms with E-state index in [0.29, 0.717) is 17.2 Å². The van der Waals surface area contributed by atoms with Crippen LogP contribution < -0.4 is 10.2 Å². The summed E-state index contributed by atoms with van der Waals surface area (Å²) in [5.41, 5.74) is 1.22. The number of hydrogen-bond acceptors (Lipinski definition) is 5. The van der Waals surface area contributed by atoms with E-state index in [2.05, 4.69) is 15.2 Å². The number of nitro groups is 1. The van der Waals surface area contributed by atoms with Crippen LogP contribution in [0, 0.1) is 22.0 Å². The third-order valence-electron chi connectivity index (χ3n) is 4.70. The fraction of sp³-hybridized carbons (Fsp3) is 0.400. The molecule has 6 nitrogen and oxygen atoms in total. The van der Waals surface area contributed by atoms with Crippen molar-refractivity contribution in [2.45, 2.75) is 0 Å². The molecule has 1 aromatic carbocycles. The van der Waals surface area contributed by atoms with Gasteiger partial charge in [0, 0.05) is 55.7 Å². The van der Waals surface area contributed by atoms with Gasteiger partial charge in [0.2, 0.25) is 0 Å². The molecule has 2 aliphatic rings. The fourth-order valence-corrected chi connectivity index (χ4v) is 3.65. The molecular formula is C15H16N4O2. The van der Waals surface area contributed by atoms with Crippen LogP contribution in [-0.4, -0.2) is 36.1 Å². The van der Waals surface area contributed by atoms with Crippen molar-refractivity contribution in [3.8, 4) is 0 Å². The van der Waals surface area contributed by atoms with Gasteiger partial charge in [0.1, 0.15) is 0 Å². The highest BCUT2D eigenvalue weighted by molar-refractivity contribution is 5.99. The number of pyridine rings is 1. The average molecular weight is 284 g/mol. The number of nitrogens with zero attached hydrogens (tertiary/aromatic N) is 3. The summed E-state index contributed by atoms with van der Waals surface area (Å²) >= 11 is 0. The molecule has 1 aromatic heterocycles. The van der Waals surface area contributed by atoms with Crippen molar-refractivity contribution in [1.29, 1.82) is 0 Å². The smallest absolute Gasteiger partial charge is 0.278 e. The number of nitro benzene ring substituents is 1. The molecule has 2 saturated heterocycles. The lowest BCUT2D eigenvalue weighted by atomic mass is 10.0. The van der Waals surface area contributed by atoms with Gasteiger partial charge in [-0.25, -0.2) is 0 Å². The molecule has 0 bridgehead atoms. The van der Waals surface area contributed by atoms with Crippen LogP contribution in [0.3, 0.4) is 0 Å². The molecule has 6 heteroatoms. The molecular weight excluding hydrogens is 268 g/mol. The number of fused-ring (bicyclic) bond motifs is 2. The van der Waals surface area contributed by atoms with Crippen molar-refractivity contribution in [1.82, 2.24) is 10.3 Å². The Balaban J connectivity index is 1.80. The van der Waals surface area contributed by atoms with Crippen LogP contribution in [0.5, 0.6) is 0 Å². The van der Waals surface area contributed by atoms with Crippen molar-refractivity contribution < 1.29 is 4.92 Å².